The second-order valence-electron chi connectivity index (χ2n) is 25.7. The Morgan fingerprint density at radius 2 is 1.04 bits per heavy atom. The Morgan fingerprint density at radius 1 is 0.617 bits per heavy atom. The normalized spacial score (nSPS) is 26.1. The van der Waals surface area contributed by atoms with E-state index in [1.54, 1.807) is 6.92 Å². The lowest BCUT2D eigenvalue weighted by Crippen LogP contribution is -2.56. The number of phenolic OH excluding ortho intramolecular Hbond substituents is 4. The van der Waals surface area contributed by atoms with Crippen molar-refractivity contribution in [2.45, 2.75) is 170 Å². The van der Waals surface area contributed by atoms with Crippen molar-refractivity contribution in [2.75, 3.05) is 27.4 Å². The van der Waals surface area contributed by atoms with Gasteiger partial charge in [-0.15, -0.1) is 5.06 Å². The number of Topliss-reactive ketones (excluding diaryl/α,β-unsaturated/α-hetero) is 2. The number of carbonyl (C=O) groups is 13. The molecule has 4 aromatic carbocycles. The van der Waals surface area contributed by atoms with E-state index in [2.05, 4.69) is 22.9 Å². The molecule has 0 aromatic heterocycles. The van der Waals surface area contributed by atoms with Crippen LogP contribution in [0.5, 0.6) is 34.5 Å². The van der Waals surface area contributed by atoms with Gasteiger partial charge in [-0.05, 0) is 26.0 Å². The second kappa shape index (κ2) is 32.3. The molecule has 0 bridgehead atoms. The molecule has 2 unspecified atom stereocenters. The maximum Gasteiger partial charge on any atom is 0.472 e. The van der Waals surface area contributed by atoms with E-state index in [0.29, 0.717) is 5.06 Å². The van der Waals surface area contributed by atoms with Crippen LogP contribution in [0.25, 0.3) is 0 Å². The Hall–Kier alpha value is -9.91. The lowest BCUT2D eigenvalue weighted by atomic mass is 9.72. The van der Waals surface area contributed by atoms with Gasteiger partial charge in [0.05, 0.1) is 103 Å². The minimum Gasteiger partial charge on any atom is -0.507 e. The smallest absolute Gasteiger partial charge is 0.472 e. The van der Waals surface area contributed by atoms with E-state index in [1.165, 1.54) is 57.5 Å². The van der Waals surface area contributed by atoms with Gasteiger partial charge in [-0.2, -0.15) is 13.2 Å². The molecule has 4 aliphatic carbocycles. The van der Waals surface area contributed by atoms with Crippen LogP contribution in [0.2, 0.25) is 0 Å². The molecule has 8 aliphatic rings. The van der Waals surface area contributed by atoms with Crippen molar-refractivity contribution in [1.82, 2.24) is 15.1 Å². The highest BCUT2D eigenvalue weighted by atomic mass is 32.1. The molecule has 4 fully saturated rings. The Balaban J connectivity index is 0.000000212. The van der Waals surface area contributed by atoms with Gasteiger partial charge < -0.3 is 100 Å². The first kappa shape index (κ1) is 81.2. The standard InChI is InChI=1S/C35H36N2O16.C27H29NO11.C4H4O3.C2H2F3NOS/c1-14-30(44)17(36-21(40)6-9-24(43)53-37-22(41)7-8-23(37)42)10-25(51-14)52-19-12-35(49,20(39)13-38)11-16-27(19)34(48)29-28(32(16)46)31(45)15-4-3-5-18(50-2)26(15)33(29)47;1-10-22(31)13(28)6-17(38-10)39-15-8-27(36,16(30)9-29)7-12-19(15)26(35)21-20(24(12)33)23(32)11-4-3-5-14(37-2)18(11)25(21)34;5-3-1-2-4(6)7-3;3-2(4,5)1(7)6-8/h3-5,14,17,19,25,30,38,44,46,48-49H,6-13H2,1-2H3,(H,36,40);3-5,10,13,15,17,22,29,31,33,35-36H,6-9,28H2,1-2H3;1-2H2;8H,(H,6,7)/t14-,17-,19-,25?,30+,35-;10-,13-,15-,17?,22+,27-;;/m00../s1. The van der Waals surface area contributed by atoms with Crippen molar-refractivity contribution in [3.63, 3.8) is 0 Å². The van der Waals surface area contributed by atoms with Crippen LogP contribution in [0.4, 0.5) is 13.2 Å². The summed E-state index contributed by atoms with van der Waals surface area (Å²) in [5.74, 6) is -14.0. The molecule has 0 saturated carbocycles. The number of ketones is 6. The largest absolute Gasteiger partial charge is 0.507 e. The molecule has 12 atom stereocenters. The van der Waals surface area contributed by atoms with Crippen LogP contribution in [0.3, 0.4) is 0 Å². The molecule has 14 N–H and O–H groups in total. The van der Waals surface area contributed by atoms with Crippen molar-refractivity contribution in [3.05, 3.63) is 103 Å². The van der Waals surface area contributed by atoms with Crippen LogP contribution < -0.4 is 25.2 Å². The molecular weight excluding hydrogens is 1460 g/mol. The molecule has 0 radical (unpaired) electrons. The third-order valence-electron chi connectivity index (χ3n) is 18.8. The van der Waals surface area contributed by atoms with Gasteiger partial charge in [-0.25, -0.2) is 4.79 Å². The van der Waals surface area contributed by atoms with Gasteiger partial charge in [0, 0.05) is 97.2 Å². The third kappa shape index (κ3) is 16.2. The van der Waals surface area contributed by atoms with Gasteiger partial charge in [0.25, 0.3) is 11.8 Å². The Bertz CT molecular complexity index is 4320. The number of hydrogen-bond acceptors (Lipinski definition) is 33. The number of halogens is 3. The van der Waals surface area contributed by atoms with Crippen LogP contribution >= 0.6 is 12.8 Å². The molecule has 4 heterocycles. The number of aliphatic hydroxyl groups excluding tert-OH is 4. The second-order valence-corrected chi connectivity index (χ2v) is 25.9. The maximum atomic E-state index is 13.9. The van der Waals surface area contributed by atoms with Crippen molar-refractivity contribution in [1.29, 1.82) is 0 Å². The number of esters is 2. The zero-order chi connectivity index (χ0) is 79.0. The molecular formula is C68H71F3N4O31S. The van der Waals surface area contributed by atoms with Crippen LogP contribution in [0.15, 0.2) is 36.4 Å². The number of rotatable bonds is 15. The van der Waals surface area contributed by atoms with E-state index in [1.807, 2.05) is 0 Å². The Kier molecular flexibility index (Phi) is 24.5. The number of hydroxylamine groups is 2. The number of benzene rings is 4. The monoisotopic (exact) mass is 1530 g/mol. The lowest BCUT2D eigenvalue weighted by Gasteiger charge is -2.43. The molecule has 107 heavy (non-hydrogen) atoms. The lowest BCUT2D eigenvalue weighted by molar-refractivity contribution is -0.249. The van der Waals surface area contributed by atoms with Crippen LogP contribution in [-0.4, -0.2) is 226 Å². The summed E-state index contributed by atoms with van der Waals surface area (Å²) in [5, 5.41) is 112. The number of nitrogens with one attached hydrogen (secondary N) is 2. The van der Waals surface area contributed by atoms with Gasteiger partial charge in [0.2, 0.25) is 17.5 Å². The number of cyclic esters (lactones) is 2. The van der Waals surface area contributed by atoms with Gasteiger partial charge in [0.15, 0.2) is 35.7 Å². The number of fused-ring (bicyclic) bond motifs is 6. The molecule has 4 aliphatic heterocycles. The number of ether oxygens (including phenoxy) is 7. The first-order valence-electron chi connectivity index (χ1n) is 32.6. The summed E-state index contributed by atoms with van der Waals surface area (Å²) in [6.07, 6.45) is -17.4. The van der Waals surface area contributed by atoms with Gasteiger partial charge >= 0.3 is 30.0 Å². The minimum absolute atomic E-state index is 0.0173. The predicted molar refractivity (Wildman–Crippen MR) is 347 cm³/mol. The van der Waals surface area contributed by atoms with E-state index in [0.717, 1.165) is 4.72 Å². The summed E-state index contributed by atoms with van der Waals surface area (Å²) >= 11 is 2.89. The van der Waals surface area contributed by atoms with Crippen molar-refractivity contribution < 1.29 is 165 Å². The highest BCUT2D eigenvalue weighted by Gasteiger charge is 2.53. The predicted octanol–water partition coefficient (Wildman–Crippen LogP) is -0.0928. The number of imide groups is 1. The number of hydrogen-bond donors (Lipinski definition) is 14. The van der Waals surface area contributed by atoms with Crippen molar-refractivity contribution in [3.8, 4) is 34.5 Å². The summed E-state index contributed by atoms with van der Waals surface area (Å²) in [6.45, 7) is 0.899. The summed E-state index contributed by atoms with van der Waals surface area (Å²) in [5.41, 5.74) is -1.97. The number of nitrogens with zero attached hydrogens (tertiary/aromatic N) is 1. The van der Waals surface area contributed by atoms with E-state index in [4.69, 9.17) is 39.0 Å². The maximum absolute atomic E-state index is 13.9. The fraction of sp³-hybridized carbons (Fsp3) is 0.456. The number of methoxy groups -OCH3 is 2. The number of nitrogens with two attached hydrogens (primary N) is 1. The van der Waals surface area contributed by atoms with Gasteiger partial charge in [0.1, 0.15) is 65.0 Å². The molecule has 4 amide bonds. The van der Waals surface area contributed by atoms with Crippen molar-refractivity contribution in [2.24, 2.45) is 5.73 Å². The van der Waals surface area contributed by atoms with Crippen molar-refractivity contribution >= 4 is 89.1 Å². The number of amides is 4. The topological polar surface area (TPSA) is 551 Å². The molecule has 576 valence electrons. The third-order valence-corrected chi connectivity index (χ3v) is 19.0. The SMILES string of the molecule is COc1cccc2c1C(=O)c1c(O)c3c(c(O)c1C2=O)C[C@@](O)(C(=O)CO)C[C@@H]3OC1C[C@H](N)[C@H](O)[C@H](C)O1.COc1cccc2c1C(=O)c1c(O)c3c(c(O)c1C2=O)C[C@@](O)(C(=O)CO)C[C@@H]3OC1C[C@H](NC(=O)CCC(=O)ON2C(=O)CCC2=O)[C@H](O)[C@H](C)O1.O=C(NS)C(F)(F)F.O=C1CCC(=O)O1. The van der Waals surface area contributed by atoms with Crippen LogP contribution in [0, 0.1) is 0 Å². The number of alkyl halides is 3. The average molecular weight is 1530 g/mol. The van der Waals surface area contributed by atoms with E-state index >= 15 is 0 Å². The average Bonchev–Trinajstić information content (AvgIpc) is 1.01. The highest BCUT2D eigenvalue weighted by molar-refractivity contribution is 7.78. The summed E-state index contributed by atoms with van der Waals surface area (Å²) in [7, 11) is 2.60. The molecule has 12 rings (SSSR count). The number of aromatic hydroxyl groups is 4. The van der Waals surface area contributed by atoms with E-state index in [-0.39, 0.29) is 94.5 Å². The summed E-state index contributed by atoms with van der Waals surface area (Å²) < 4.78 is 72.4. The number of thiol groups is 1. The summed E-state index contributed by atoms with van der Waals surface area (Å²) in [4.78, 5) is 163. The first-order valence-corrected chi connectivity index (χ1v) is 33.1. The Morgan fingerprint density at radius 3 is 1.41 bits per heavy atom. The zero-order valence-electron chi connectivity index (χ0n) is 56.8. The van der Waals surface area contributed by atoms with E-state index < -0.39 is 252 Å². The number of phenols is 4. The molecule has 4 aromatic rings. The van der Waals surface area contributed by atoms with Crippen LogP contribution in [0.1, 0.15) is 176 Å². The number of carbonyl (C=O) groups excluding carboxylic acids is 13. The minimum atomic E-state index is -4.82. The summed E-state index contributed by atoms with van der Waals surface area (Å²) in [6, 6.07) is 6.80. The zero-order valence-corrected chi connectivity index (χ0v) is 57.7. The van der Waals surface area contributed by atoms with Gasteiger partial charge in [-0.3, -0.25) is 62.3 Å². The number of aliphatic hydroxyl groups is 6. The quantitative estimate of drug-likeness (QED) is 0.0210. The van der Waals surface area contributed by atoms with E-state index in [9.17, 15) is 127 Å². The Labute approximate surface area is 607 Å². The molecule has 4 saturated heterocycles. The van der Waals surface area contributed by atoms with Crippen LogP contribution in [-0.2, 0) is 84.5 Å². The molecule has 39 heteroatoms. The fourth-order valence-corrected chi connectivity index (χ4v) is 13.5. The molecule has 35 nitrogen and oxygen atoms in total. The first-order chi connectivity index (χ1) is 50.3. The fourth-order valence-electron chi connectivity index (χ4n) is 13.4. The highest BCUT2D eigenvalue weighted by Crippen LogP contribution is 2.55. The van der Waals surface area contributed by atoms with Gasteiger partial charge in [-0.1, -0.05) is 37.1 Å². The molecule has 0 spiro atoms.